The van der Waals surface area contributed by atoms with Gasteiger partial charge in [-0.1, -0.05) is 30.3 Å². The fourth-order valence-electron chi connectivity index (χ4n) is 4.24. The number of carboxylic acids is 1. The molecule has 0 bridgehead atoms. The van der Waals surface area contributed by atoms with Gasteiger partial charge in [-0.25, -0.2) is 4.79 Å². The average Bonchev–Trinajstić information content (AvgIpc) is 2.69. The SMILES string of the molecule is Cl.Cl.O=C(O)C1(Oc2ccc3ccccc3c2)CCN(C2CCNCC2)CC1. The van der Waals surface area contributed by atoms with Crippen LogP contribution < -0.4 is 10.1 Å². The van der Waals surface area contributed by atoms with E-state index in [1.165, 1.54) is 0 Å². The number of hydrogen-bond acceptors (Lipinski definition) is 4. The Labute approximate surface area is 178 Å². The predicted octanol–water partition coefficient (Wildman–Crippen LogP) is 3.73. The summed E-state index contributed by atoms with van der Waals surface area (Å²) >= 11 is 0. The fourth-order valence-corrected chi connectivity index (χ4v) is 4.24. The van der Waals surface area contributed by atoms with Crippen LogP contribution in [0.4, 0.5) is 0 Å². The van der Waals surface area contributed by atoms with Crippen molar-refractivity contribution in [2.45, 2.75) is 37.3 Å². The molecule has 5 nitrogen and oxygen atoms in total. The van der Waals surface area contributed by atoms with Gasteiger partial charge in [0.2, 0.25) is 5.60 Å². The number of likely N-dealkylation sites (tertiary alicyclic amines) is 1. The van der Waals surface area contributed by atoms with E-state index >= 15 is 0 Å². The second kappa shape index (κ2) is 9.79. The molecule has 0 unspecified atom stereocenters. The molecule has 7 heteroatoms. The molecule has 0 aromatic heterocycles. The molecule has 154 valence electrons. The molecular weight excluding hydrogens is 399 g/mol. The molecule has 0 saturated carbocycles. The third kappa shape index (κ3) is 4.71. The van der Waals surface area contributed by atoms with Gasteiger partial charge in [-0.3, -0.25) is 4.90 Å². The maximum Gasteiger partial charge on any atom is 0.348 e. The van der Waals surface area contributed by atoms with Crippen LogP contribution in [0.25, 0.3) is 10.8 Å². The van der Waals surface area contributed by atoms with Crippen LogP contribution in [-0.2, 0) is 4.79 Å². The first-order valence-electron chi connectivity index (χ1n) is 9.52. The molecule has 4 rings (SSSR count). The van der Waals surface area contributed by atoms with Gasteiger partial charge < -0.3 is 15.2 Å². The third-order valence-corrected chi connectivity index (χ3v) is 5.85. The van der Waals surface area contributed by atoms with Gasteiger partial charge in [0.1, 0.15) is 5.75 Å². The highest BCUT2D eigenvalue weighted by Crippen LogP contribution is 2.32. The summed E-state index contributed by atoms with van der Waals surface area (Å²) in [6.45, 7) is 3.67. The monoisotopic (exact) mass is 426 g/mol. The Balaban J connectivity index is 0.00000140. The van der Waals surface area contributed by atoms with Crippen LogP contribution in [-0.4, -0.2) is 53.8 Å². The van der Waals surface area contributed by atoms with E-state index in [2.05, 4.69) is 10.2 Å². The van der Waals surface area contributed by atoms with E-state index in [0.717, 1.165) is 49.8 Å². The zero-order valence-corrected chi connectivity index (χ0v) is 17.4. The number of fused-ring (bicyclic) bond motifs is 1. The summed E-state index contributed by atoms with van der Waals surface area (Å²) in [5.74, 6) is -0.211. The van der Waals surface area contributed by atoms with Crippen molar-refractivity contribution in [2.24, 2.45) is 0 Å². The van der Waals surface area contributed by atoms with Gasteiger partial charge in [0.15, 0.2) is 0 Å². The number of carbonyl (C=O) groups is 1. The molecule has 2 aliphatic heterocycles. The maximum absolute atomic E-state index is 12.1. The van der Waals surface area contributed by atoms with E-state index in [4.69, 9.17) is 4.74 Å². The van der Waals surface area contributed by atoms with Gasteiger partial charge in [0.25, 0.3) is 0 Å². The van der Waals surface area contributed by atoms with E-state index in [9.17, 15) is 9.90 Å². The Morgan fingerprint density at radius 1 is 1.04 bits per heavy atom. The topological polar surface area (TPSA) is 61.8 Å². The van der Waals surface area contributed by atoms with E-state index in [0.29, 0.717) is 24.6 Å². The summed E-state index contributed by atoms with van der Waals surface area (Å²) in [6, 6.07) is 14.4. The summed E-state index contributed by atoms with van der Waals surface area (Å²) in [6.07, 6.45) is 3.34. The Bertz CT molecular complexity index is 788. The molecule has 2 aromatic rings. The lowest BCUT2D eigenvalue weighted by Gasteiger charge is -2.43. The average molecular weight is 427 g/mol. The number of carboxylic acid groups (broad SMARTS) is 1. The van der Waals surface area contributed by atoms with Crippen LogP contribution in [0.1, 0.15) is 25.7 Å². The van der Waals surface area contributed by atoms with E-state index in [1.807, 2.05) is 42.5 Å². The zero-order chi connectivity index (χ0) is 18.0. The summed E-state index contributed by atoms with van der Waals surface area (Å²) < 4.78 is 6.11. The summed E-state index contributed by atoms with van der Waals surface area (Å²) in [5, 5.41) is 15.5. The number of nitrogens with one attached hydrogen (secondary N) is 1. The molecule has 2 heterocycles. The Morgan fingerprint density at radius 2 is 1.68 bits per heavy atom. The quantitative estimate of drug-likeness (QED) is 0.779. The standard InChI is InChI=1S/C21H26N2O3.2ClH/c24-20(25)21(9-13-23(14-10-21)18-7-11-22-12-8-18)26-19-6-5-16-3-1-2-4-17(16)15-19;;/h1-6,15,18,22H,7-14H2,(H,24,25);2*1H. The van der Waals surface area contributed by atoms with Gasteiger partial charge in [-0.2, -0.15) is 0 Å². The van der Waals surface area contributed by atoms with Crippen molar-refractivity contribution in [2.75, 3.05) is 26.2 Å². The Kier molecular flexibility index (Phi) is 7.96. The van der Waals surface area contributed by atoms with Crippen molar-refractivity contribution in [3.63, 3.8) is 0 Å². The fraction of sp³-hybridized carbons (Fsp3) is 0.476. The van der Waals surface area contributed by atoms with Gasteiger partial charge in [0.05, 0.1) is 0 Å². The second-order valence-electron chi connectivity index (χ2n) is 7.43. The lowest BCUT2D eigenvalue weighted by molar-refractivity contribution is -0.160. The number of hydrogen-bond donors (Lipinski definition) is 2. The Morgan fingerprint density at radius 3 is 2.32 bits per heavy atom. The number of nitrogens with zero attached hydrogens (tertiary/aromatic N) is 1. The second-order valence-corrected chi connectivity index (χ2v) is 7.43. The van der Waals surface area contributed by atoms with Crippen LogP contribution >= 0.6 is 24.8 Å². The summed E-state index contributed by atoms with van der Waals surface area (Å²) in [5.41, 5.74) is -1.12. The minimum Gasteiger partial charge on any atom is -0.478 e. The smallest absolute Gasteiger partial charge is 0.348 e. The molecule has 0 spiro atoms. The van der Waals surface area contributed by atoms with Crippen molar-refractivity contribution in [3.8, 4) is 5.75 Å². The largest absolute Gasteiger partial charge is 0.478 e. The zero-order valence-electron chi connectivity index (χ0n) is 15.8. The first kappa shape index (κ1) is 22.8. The van der Waals surface area contributed by atoms with Crippen molar-refractivity contribution in [3.05, 3.63) is 42.5 Å². The number of piperidine rings is 2. The maximum atomic E-state index is 12.1. The lowest BCUT2D eigenvalue weighted by Crippen LogP contribution is -2.56. The molecule has 0 radical (unpaired) electrons. The molecule has 0 aliphatic carbocycles. The first-order chi connectivity index (χ1) is 12.7. The van der Waals surface area contributed by atoms with Gasteiger partial charge >= 0.3 is 5.97 Å². The number of aliphatic carboxylic acids is 1. The van der Waals surface area contributed by atoms with Gasteiger partial charge in [-0.05, 0) is 48.8 Å². The molecule has 2 aliphatic rings. The number of halogens is 2. The van der Waals surface area contributed by atoms with Crippen LogP contribution in [0.5, 0.6) is 5.75 Å². The minimum absolute atomic E-state index is 0. The lowest BCUT2D eigenvalue weighted by atomic mass is 9.89. The van der Waals surface area contributed by atoms with Crippen LogP contribution in [0.2, 0.25) is 0 Å². The molecule has 2 N–H and O–H groups in total. The molecule has 2 fully saturated rings. The van der Waals surface area contributed by atoms with E-state index in [-0.39, 0.29) is 24.8 Å². The van der Waals surface area contributed by atoms with E-state index < -0.39 is 11.6 Å². The molecular formula is C21H28Cl2N2O3. The minimum atomic E-state index is -1.12. The van der Waals surface area contributed by atoms with Crippen LogP contribution in [0.3, 0.4) is 0 Å². The molecule has 0 atom stereocenters. The Hall–Kier alpha value is -1.53. The third-order valence-electron chi connectivity index (χ3n) is 5.85. The molecule has 2 saturated heterocycles. The summed E-state index contributed by atoms with van der Waals surface area (Å²) in [4.78, 5) is 14.5. The molecule has 0 amide bonds. The normalized spacial score (nSPS) is 20.0. The van der Waals surface area contributed by atoms with Gasteiger partial charge in [0, 0.05) is 32.0 Å². The number of rotatable bonds is 4. The highest BCUT2D eigenvalue weighted by atomic mass is 35.5. The highest BCUT2D eigenvalue weighted by Gasteiger charge is 2.45. The number of ether oxygens (including phenoxy) is 1. The van der Waals surface area contributed by atoms with Crippen molar-refractivity contribution in [1.29, 1.82) is 0 Å². The predicted molar refractivity (Wildman–Crippen MR) is 116 cm³/mol. The van der Waals surface area contributed by atoms with Crippen molar-refractivity contribution >= 4 is 41.6 Å². The molecule has 2 aromatic carbocycles. The highest BCUT2D eigenvalue weighted by molar-refractivity contribution is 5.86. The molecule has 28 heavy (non-hydrogen) atoms. The van der Waals surface area contributed by atoms with Crippen molar-refractivity contribution < 1.29 is 14.6 Å². The van der Waals surface area contributed by atoms with Gasteiger partial charge in [-0.15, -0.1) is 24.8 Å². The van der Waals surface area contributed by atoms with Crippen molar-refractivity contribution in [1.82, 2.24) is 10.2 Å². The van der Waals surface area contributed by atoms with Crippen LogP contribution in [0, 0.1) is 0 Å². The first-order valence-corrected chi connectivity index (χ1v) is 9.52. The van der Waals surface area contributed by atoms with E-state index in [1.54, 1.807) is 0 Å². The summed E-state index contributed by atoms with van der Waals surface area (Å²) in [7, 11) is 0. The number of benzene rings is 2. The van der Waals surface area contributed by atoms with Crippen LogP contribution in [0.15, 0.2) is 42.5 Å².